The van der Waals surface area contributed by atoms with Crippen LogP contribution in [0, 0.1) is 0 Å². The highest BCUT2D eigenvalue weighted by molar-refractivity contribution is 8.12. The second-order valence-corrected chi connectivity index (χ2v) is 7.86. The minimum absolute atomic E-state index is 0.0648. The van der Waals surface area contributed by atoms with E-state index in [0.29, 0.717) is 17.9 Å². The zero-order valence-electron chi connectivity index (χ0n) is 14.5. The van der Waals surface area contributed by atoms with Gasteiger partial charge in [-0.3, -0.25) is 4.99 Å². The molecule has 0 aromatic heterocycles. The van der Waals surface area contributed by atoms with Gasteiger partial charge in [0.05, 0.1) is 12.2 Å². The maximum atomic E-state index is 8.95. The molecule has 2 unspecified atom stereocenters. The molecule has 1 aliphatic carbocycles. The van der Waals surface area contributed by atoms with Gasteiger partial charge in [0.1, 0.15) is 12.4 Å². The Morgan fingerprint density at radius 3 is 2.92 bits per heavy atom. The predicted octanol–water partition coefficient (Wildman–Crippen LogP) is 3.15. The van der Waals surface area contributed by atoms with E-state index in [1.165, 1.54) is 17.6 Å². The maximum absolute atomic E-state index is 8.95. The van der Waals surface area contributed by atoms with Crippen LogP contribution in [0.3, 0.4) is 0 Å². The summed E-state index contributed by atoms with van der Waals surface area (Å²) >= 11 is 1.89. The van der Waals surface area contributed by atoms with Gasteiger partial charge in [-0.25, -0.2) is 0 Å². The fourth-order valence-corrected chi connectivity index (χ4v) is 4.65. The van der Waals surface area contributed by atoms with Gasteiger partial charge in [0.2, 0.25) is 0 Å². The SMILES string of the molecule is CC1CC(CN2CCC3=CCC=C(OCCO)C=C3CC2)SC=N1. The van der Waals surface area contributed by atoms with E-state index < -0.39 is 0 Å². The van der Waals surface area contributed by atoms with Crippen molar-refractivity contribution in [3.63, 3.8) is 0 Å². The number of hydrogen-bond acceptors (Lipinski definition) is 5. The van der Waals surface area contributed by atoms with Crippen LogP contribution in [-0.4, -0.2) is 59.7 Å². The van der Waals surface area contributed by atoms with Crippen LogP contribution in [-0.2, 0) is 4.74 Å². The lowest BCUT2D eigenvalue weighted by Crippen LogP contribution is -2.34. The Balaban J connectivity index is 1.59. The van der Waals surface area contributed by atoms with Crippen LogP contribution in [0.5, 0.6) is 0 Å². The van der Waals surface area contributed by atoms with Crippen molar-refractivity contribution in [3.05, 3.63) is 35.1 Å². The summed E-state index contributed by atoms with van der Waals surface area (Å²) in [6.45, 7) is 6.05. The first-order valence-corrected chi connectivity index (χ1v) is 9.92. The zero-order valence-corrected chi connectivity index (χ0v) is 15.3. The Hall–Kier alpha value is -1.04. The van der Waals surface area contributed by atoms with Gasteiger partial charge in [0.25, 0.3) is 0 Å². The quantitative estimate of drug-likeness (QED) is 0.829. The highest BCUT2D eigenvalue weighted by Gasteiger charge is 2.22. The van der Waals surface area contributed by atoms with E-state index in [1.807, 2.05) is 17.3 Å². The largest absolute Gasteiger partial charge is 0.492 e. The fraction of sp³-hybridized carbons (Fsp3) is 0.632. The first-order chi connectivity index (χ1) is 11.7. The molecule has 1 fully saturated rings. The van der Waals surface area contributed by atoms with Gasteiger partial charge in [0, 0.05) is 30.9 Å². The summed E-state index contributed by atoms with van der Waals surface area (Å²) in [5, 5.41) is 9.62. The van der Waals surface area contributed by atoms with Crippen molar-refractivity contribution in [2.75, 3.05) is 32.8 Å². The molecule has 2 atom stereocenters. The van der Waals surface area contributed by atoms with Crippen LogP contribution >= 0.6 is 11.8 Å². The molecular weight excluding hydrogens is 320 g/mol. The molecule has 0 saturated carbocycles. The van der Waals surface area contributed by atoms with Crippen molar-refractivity contribution in [3.8, 4) is 0 Å². The van der Waals surface area contributed by atoms with Crippen molar-refractivity contribution in [1.29, 1.82) is 0 Å². The van der Waals surface area contributed by atoms with E-state index in [1.54, 1.807) is 0 Å². The molecular formula is C19H28N2O2S. The van der Waals surface area contributed by atoms with E-state index in [2.05, 4.69) is 35.0 Å². The van der Waals surface area contributed by atoms with Crippen LogP contribution in [0.2, 0.25) is 0 Å². The number of fused-ring (bicyclic) bond motifs is 1. The number of nitrogens with zero attached hydrogens (tertiary/aromatic N) is 2. The van der Waals surface area contributed by atoms with Crippen LogP contribution < -0.4 is 0 Å². The molecule has 24 heavy (non-hydrogen) atoms. The molecule has 1 saturated heterocycles. The van der Waals surface area contributed by atoms with Crippen molar-refractivity contribution in [1.82, 2.24) is 4.90 Å². The zero-order chi connectivity index (χ0) is 16.8. The van der Waals surface area contributed by atoms with Crippen molar-refractivity contribution in [2.24, 2.45) is 4.99 Å². The monoisotopic (exact) mass is 348 g/mol. The molecule has 0 spiro atoms. The molecule has 0 aromatic carbocycles. The number of ether oxygens (including phenoxy) is 1. The summed E-state index contributed by atoms with van der Waals surface area (Å²) in [6.07, 6.45) is 10.9. The number of aliphatic imine (C=N–C) groups is 1. The summed E-state index contributed by atoms with van der Waals surface area (Å²) < 4.78 is 5.63. The second-order valence-electron chi connectivity index (χ2n) is 6.71. The minimum Gasteiger partial charge on any atom is -0.492 e. The maximum Gasteiger partial charge on any atom is 0.116 e. The molecule has 2 aliphatic heterocycles. The number of aliphatic hydroxyl groups excluding tert-OH is 1. The van der Waals surface area contributed by atoms with E-state index in [4.69, 9.17) is 9.84 Å². The average molecular weight is 349 g/mol. The Morgan fingerprint density at radius 1 is 1.29 bits per heavy atom. The lowest BCUT2D eigenvalue weighted by molar-refractivity contribution is 0.151. The average Bonchev–Trinajstić information content (AvgIpc) is 2.87. The summed E-state index contributed by atoms with van der Waals surface area (Å²) in [5.74, 6) is 0.909. The molecule has 5 heteroatoms. The van der Waals surface area contributed by atoms with Crippen molar-refractivity contribution < 1.29 is 9.84 Å². The molecule has 0 radical (unpaired) electrons. The number of hydrogen-bond donors (Lipinski definition) is 1. The van der Waals surface area contributed by atoms with Gasteiger partial charge in [-0.15, -0.1) is 11.8 Å². The summed E-state index contributed by atoms with van der Waals surface area (Å²) in [5.41, 5.74) is 4.93. The Morgan fingerprint density at radius 2 is 2.12 bits per heavy atom. The number of rotatable bonds is 5. The smallest absolute Gasteiger partial charge is 0.116 e. The van der Waals surface area contributed by atoms with E-state index in [9.17, 15) is 0 Å². The third-order valence-corrected chi connectivity index (χ3v) is 5.77. The van der Waals surface area contributed by atoms with Crippen LogP contribution in [0.4, 0.5) is 0 Å². The van der Waals surface area contributed by atoms with Gasteiger partial charge >= 0.3 is 0 Å². The van der Waals surface area contributed by atoms with Gasteiger partial charge in [-0.1, -0.05) is 6.08 Å². The normalized spacial score (nSPS) is 28.2. The number of likely N-dealkylation sites (tertiary alicyclic amines) is 1. The minimum atomic E-state index is 0.0648. The highest BCUT2D eigenvalue weighted by atomic mass is 32.2. The summed E-state index contributed by atoms with van der Waals surface area (Å²) in [4.78, 5) is 7.07. The molecule has 2 heterocycles. The van der Waals surface area contributed by atoms with Crippen LogP contribution in [0.25, 0.3) is 0 Å². The lowest BCUT2D eigenvalue weighted by atomic mass is 10.0. The molecule has 3 aliphatic rings. The molecule has 3 rings (SSSR count). The van der Waals surface area contributed by atoms with Gasteiger partial charge in [0.15, 0.2) is 0 Å². The first kappa shape index (κ1) is 17.8. The van der Waals surface area contributed by atoms with E-state index >= 15 is 0 Å². The molecule has 1 N–H and O–H groups in total. The second kappa shape index (κ2) is 8.88. The third-order valence-electron chi connectivity index (χ3n) is 4.80. The lowest BCUT2D eigenvalue weighted by Gasteiger charge is -2.27. The van der Waals surface area contributed by atoms with Gasteiger partial charge in [-0.05, 0) is 55.9 Å². The van der Waals surface area contributed by atoms with E-state index in [-0.39, 0.29) is 6.61 Å². The van der Waals surface area contributed by atoms with Gasteiger partial charge in [-0.2, -0.15) is 0 Å². The topological polar surface area (TPSA) is 45.1 Å². The molecule has 132 valence electrons. The third kappa shape index (κ3) is 4.98. The molecule has 0 aromatic rings. The van der Waals surface area contributed by atoms with Crippen molar-refractivity contribution >= 4 is 17.3 Å². The molecule has 0 bridgehead atoms. The molecule has 0 amide bonds. The Bertz CT molecular complexity index is 554. The Labute approximate surface area is 149 Å². The van der Waals surface area contributed by atoms with Crippen LogP contribution in [0.15, 0.2) is 40.1 Å². The number of aliphatic hydroxyl groups is 1. The number of allylic oxidation sites excluding steroid dienone is 3. The Kier molecular flexibility index (Phi) is 6.58. The summed E-state index contributed by atoms with van der Waals surface area (Å²) in [6, 6.07) is 0.469. The van der Waals surface area contributed by atoms with Gasteiger partial charge < -0.3 is 14.7 Å². The fourth-order valence-electron chi connectivity index (χ4n) is 3.51. The van der Waals surface area contributed by atoms with Crippen LogP contribution in [0.1, 0.15) is 32.6 Å². The number of thioether (sulfide) groups is 1. The predicted molar refractivity (Wildman–Crippen MR) is 102 cm³/mol. The standard InChI is InChI=1S/C19H28N2O2S/c1-15-11-19(24-14-20-15)13-21-7-5-16-3-2-4-18(23-10-9-22)12-17(16)6-8-21/h3-4,12,14-15,19,22H,2,5-11,13H2,1H3. The summed E-state index contributed by atoms with van der Waals surface area (Å²) in [7, 11) is 0. The van der Waals surface area contributed by atoms with E-state index in [0.717, 1.165) is 44.7 Å². The molecule has 4 nitrogen and oxygen atoms in total. The first-order valence-electron chi connectivity index (χ1n) is 8.98. The van der Waals surface area contributed by atoms with Crippen molar-refractivity contribution in [2.45, 2.75) is 43.9 Å². The highest BCUT2D eigenvalue weighted by Crippen LogP contribution is 2.29.